The quantitative estimate of drug-likeness (QED) is 0.420. The Morgan fingerprint density at radius 3 is 2.23 bits per heavy atom. The molecule has 8 heteroatoms. The average molecular weight is 440 g/mol. The molecule has 6 nitrogen and oxygen atoms in total. The van der Waals surface area contributed by atoms with Gasteiger partial charge in [-0.25, -0.2) is 17.8 Å². The molecule has 160 valence electrons. The minimum atomic E-state index is -3.24. The van der Waals surface area contributed by atoms with Crippen LogP contribution in [0.1, 0.15) is 6.42 Å². The smallest absolute Gasteiger partial charge is 0.193 e. The van der Waals surface area contributed by atoms with Crippen molar-refractivity contribution in [3.8, 4) is 28.3 Å². The normalized spacial score (nSPS) is 11.7. The first-order valence-corrected chi connectivity index (χ1v) is 11.6. The number of fused-ring (bicyclic) bond motifs is 1. The molecule has 0 aliphatic heterocycles. The maximum atomic E-state index is 14.7. The molecule has 0 atom stereocenters. The van der Waals surface area contributed by atoms with E-state index in [2.05, 4.69) is 9.97 Å². The average Bonchev–Trinajstić information content (AvgIpc) is 3.14. The van der Waals surface area contributed by atoms with Crippen LogP contribution in [0, 0.1) is 5.82 Å². The van der Waals surface area contributed by atoms with Crippen LogP contribution in [-0.2, 0) is 9.84 Å². The molecule has 0 unspecified atom stereocenters. The number of rotatable bonds is 7. The number of nitrogens with zero attached hydrogens (tertiary/aromatic N) is 1. The zero-order chi connectivity index (χ0) is 22.0. The molecule has 31 heavy (non-hydrogen) atoms. The highest BCUT2D eigenvalue weighted by Crippen LogP contribution is 2.29. The van der Waals surface area contributed by atoms with Gasteiger partial charge < -0.3 is 14.8 Å². The van der Waals surface area contributed by atoms with Crippen LogP contribution in [-0.4, -0.2) is 43.0 Å². The van der Waals surface area contributed by atoms with Gasteiger partial charge in [0.15, 0.2) is 21.5 Å². The lowest BCUT2D eigenvalue weighted by molar-refractivity contribution is 0.230. The van der Waals surface area contributed by atoms with Crippen LogP contribution in [0.4, 0.5) is 4.39 Å². The number of H-pyrrole nitrogens is 1. The number of nitrogens with one attached hydrogen (secondary N) is 1. The summed E-state index contributed by atoms with van der Waals surface area (Å²) in [4.78, 5) is 7.67. The molecule has 0 spiro atoms. The highest BCUT2D eigenvalue weighted by atomic mass is 32.2. The van der Waals surface area contributed by atoms with Crippen molar-refractivity contribution in [2.45, 2.75) is 11.3 Å². The summed E-state index contributed by atoms with van der Waals surface area (Å²) in [6.07, 6.45) is 1.68. The second kappa shape index (κ2) is 8.49. The van der Waals surface area contributed by atoms with Crippen LogP contribution >= 0.6 is 0 Å². The fraction of sp³-hybridized carbons (Fsp3) is 0.174. The first-order chi connectivity index (χ1) is 14.8. The zero-order valence-corrected chi connectivity index (χ0v) is 17.6. The van der Waals surface area contributed by atoms with Crippen molar-refractivity contribution in [2.24, 2.45) is 0 Å². The van der Waals surface area contributed by atoms with Crippen LogP contribution in [0.3, 0.4) is 0 Å². The predicted octanol–water partition coefficient (Wildman–Crippen LogP) is 4.20. The van der Waals surface area contributed by atoms with E-state index >= 15 is 0 Å². The SMILES string of the molecule is CS(=O)(=O)c1ccc(-c2ccc(-c3nc4cc(OCCCO)[nH]c4cc3F)cc2)cc1. The van der Waals surface area contributed by atoms with E-state index in [9.17, 15) is 12.8 Å². The minimum Gasteiger partial charge on any atom is -0.479 e. The van der Waals surface area contributed by atoms with E-state index in [4.69, 9.17) is 9.84 Å². The lowest BCUT2D eigenvalue weighted by Crippen LogP contribution is -1.99. The largest absolute Gasteiger partial charge is 0.479 e. The van der Waals surface area contributed by atoms with Gasteiger partial charge in [-0.15, -0.1) is 0 Å². The third-order valence-corrected chi connectivity index (χ3v) is 5.99. The molecule has 4 aromatic rings. The van der Waals surface area contributed by atoms with Gasteiger partial charge in [0.1, 0.15) is 5.69 Å². The van der Waals surface area contributed by atoms with Crippen LogP contribution in [0.25, 0.3) is 33.4 Å². The second-order valence-corrected chi connectivity index (χ2v) is 9.20. The summed E-state index contributed by atoms with van der Waals surface area (Å²) in [5, 5.41) is 8.84. The number of halogens is 1. The molecule has 4 rings (SSSR count). The van der Waals surface area contributed by atoms with Crippen molar-refractivity contribution in [1.82, 2.24) is 9.97 Å². The maximum absolute atomic E-state index is 14.7. The van der Waals surface area contributed by atoms with E-state index in [1.165, 1.54) is 12.3 Å². The Hall–Kier alpha value is -3.23. The zero-order valence-electron chi connectivity index (χ0n) is 16.8. The lowest BCUT2D eigenvalue weighted by atomic mass is 10.0. The van der Waals surface area contributed by atoms with Crippen molar-refractivity contribution in [1.29, 1.82) is 0 Å². The van der Waals surface area contributed by atoms with Gasteiger partial charge in [-0.1, -0.05) is 36.4 Å². The van der Waals surface area contributed by atoms with Crippen molar-refractivity contribution in [3.05, 3.63) is 66.5 Å². The van der Waals surface area contributed by atoms with Gasteiger partial charge in [0, 0.05) is 37.0 Å². The molecule has 0 aliphatic rings. The Bertz CT molecular complexity index is 1310. The summed E-state index contributed by atoms with van der Waals surface area (Å²) >= 11 is 0. The standard InChI is InChI=1S/C23H21FN2O4S/c1-31(28,29)18-9-7-16(8-10-18)15-3-5-17(6-4-15)23-19(24)13-20-21(26-23)14-22(25-20)30-12-2-11-27/h3-10,13-14,25,27H,2,11-12H2,1H3. The fourth-order valence-electron chi connectivity index (χ4n) is 3.25. The molecule has 0 fully saturated rings. The summed E-state index contributed by atoms with van der Waals surface area (Å²) in [7, 11) is -3.24. The molecule has 0 aliphatic carbocycles. The number of aliphatic hydroxyl groups excluding tert-OH is 1. The summed E-state index contributed by atoms with van der Waals surface area (Å²) in [5.41, 5.74) is 3.70. The van der Waals surface area contributed by atoms with E-state index in [-0.39, 0.29) is 17.2 Å². The van der Waals surface area contributed by atoms with Gasteiger partial charge >= 0.3 is 0 Å². The van der Waals surface area contributed by atoms with E-state index in [0.29, 0.717) is 35.5 Å². The Balaban J connectivity index is 1.60. The van der Waals surface area contributed by atoms with E-state index in [1.54, 1.807) is 42.5 Å². The van der Waals surface area contributed by atoms with E-state index in [1.807, 2.05) is 12.1 Å². The number of aromatic amines is 1. The molecular formula is C23H21FN2O4S. The maximum Gasteiger partial charge on any atom is 0.193 e. The molecule has 2 aromatic heterocycles. The summed E-state index contributed by atoms with van der Waals surface area (Å²) in [6, 6.07) is 17.0. The Morgan fingerprint density at radius 1 is 1.00 bits per heavy atom. The number of sulfone groups is 1. The number of aliphatic hydroxyl groups is 1. The number of pyridine rings is 1. The van der Waals surface area contributed by atoms with Gasteiger partial charge in [-0.2, -0.15) is 0 Å². The first kappa shape index (κ1) is 21.0. The van der Waals surface area contributed by atoms with Crippen molar-refractivity contribution >= 4 is 20.9 Å². The van der Waals surface area contributed by atoms with Crippen molar-refractivity contribution in [3.63, 3.8) is 0 Å². The van der Waals surface area contributed by atoms with Crippen LogP contribution in [0.5, 0.6) is 5.88 Å². The van der Waals surface area contributed by atoms with Gasteiger partial charge in [0.05, 0.1) is 22.5 Å². The Morgan fingerprint density at radius 2 is 1.61 bits per heavy atom. The number of aromatic nitrogens is 2. The summed E-state index contributed by atoms with van der Waals surface area (Å²) in [5.74, 6) is 0.0156. The number of ether oxygens (including phenoxy) is 1. The van der Waals surface area contributed by atoms with Crippen LogP contribution < -0.4 is 4.74 Å². The third kappa shape index (κ3) is 4.60. The molecule has 0 saturated heterocycles. The monoisotopic (exact) mass is 440 g/mol. The molecule has 2 N–H and O–H groups in total. The molecule has 0 radical (unpaired) electrons. The van der Waals surface area contributed by atoms with Crippen molar-refractivity contribution < 1.29 is 22.7 Å². The van der Waals surface area contributed by atoms with Gasteiger partial charge in [0.25, 0.3) is 0 Å². The molecule has 2 aromatic carbocycles. The van der Waals surface area contributed by atoms with E-state index in [0.717, 1.165) is 11.1 Å². The first-order valence-electron chi connectivity index (χ1n) is 9.69. The van der Waals surface area contributed by atoms with Crippen molar-refractivity contribution in [2.75, 3.05) is 19.5 Å². The van der Waals surface area contributed by atoms with Gasteiger partial charge in [-0.3, -0.25) is 0 Å². The second-order valence-electron chi connectivity index (χ2n) is 7.18. The Labute approximate surface area is 179 Å². The van der Waals surface area contributed by atoms with E-state index < -0.39 is 15.7 Å². The topological polar surface area (TPSA) is 92.3 Å². The fourth-order valence-corrected chi connectivity index (χ4v) is 3.88. The predicted molar refractivity (Wildman–Crippen MR) is 117 cm³/mol. The highest BCUT2D eigenvalue weighted by Gasteiger charge is 2.13. The third-order valence-electron chi connectivity index (χ3n) is 4.87. The molecular weight excluding hydrogens is 419 g/mol. The van der Waals surface area contributed by atoms with Gasteiger partial charge in [0.2, 0.25) is 0 Å². The lowest BCUT2D eigenvalue weighted by Gasteiger charge is -2.07. The Kier molecular flexibility index (Phi) is 5.75. The molecule has 0 bridgehead atoms. The number of hydrogen-bond acceptors (Lipinski definition) is 5. The molecule has 0 amide bonds. The van der Waals surface area contributed by atoms with Crippen LogP contribution in [0.15, 0.2) is 65.6 Å². The minimum absolute atomic E-state index is 0.0368. The molecule has 2 heterocycles. The molecule has 0 saturated carbocycles. The number of hydrogen-bond donors (Lipinski definition) is 2. The summed E-state index contributed by atoms with van der Waals surface area (Å²) < 4.78 is 43.4. The van der Waals surface area contributed by atoms with Gasteiger partial charge in [-0.05, 0) is 23.3 Å². The van der Waals surface area contributed by atoms with Crippen LogP contribution in [0.2, 0.25) is 0 Å². The number of benzene rings is 2. The highest BCUT2D eigenvalue weighted by molar-refractivity contribution is 7.90. The summed E-state index contributed by atoms with van der Waals surface area (Å²) in [6.45, 7) is 0.389.